The van der Waals surface area contributed by atoms with E-state index in [1.165, 1.54) is 6.07 Å². The van der Waals surface area contributed by atoms with E-state index in [9.17, 15) is 14.9 Å². The molecule has 0 bridgehead atoms. The highest BCUT2D eigenvalue weighted by Gasteiger charge is 2.25. The molecule has 2 heterocycles. The van der Waals surface area contributed by atoms with E-state index in [1.807, 2.05) is 30.6 Å². The number of carbonyl (C=O) groups is 1. The summed E-state index contributed by atoms with van der Waals surface area (Å²) in [5.74, 6) is -0.657. The topological polar surface area (TPSA) is 124 Å². The van der Waals surface area contributed by atoms with Crippen molar-refractivity contribution in [2.45, 2.75) is 25.3 Å². The van der Waals surface area contributed by atoms with Gasteiger partial charge >= 0.3 is 0 Å². The molecule has 0 radical (unpaired) electrons. The number of nitrogens with two attached hydrogens (primary N) is 1. The van der Waals surface area contributed by atoms with Gasteiger partial charge in [0.2, 0.25) is 5.91 Å². The average Bonchev–Trinajstić information content (AvgIpc) is 2.76. The summed E-state index contributed by atoms with van der Waals surface area (Å²) < 4.78 is 0. The third-order valence-electron chi connectivity index (χ3n) is 4.88. The first-order valence-corrected chi connectivity index (χ1v) is 9.63. The number of rotatable bonds is 10. The van der Waals surface area contributed by atoms with Gasteiger partial charge in [0.05, 0.1) is 10.5 Å². The van der Waals surface area contributed by atoms with Crippen molar-refractivity contribution in [1.29, 1.82) is 0 Å². The molecule has 8 heteroatoms. The van der Waals surface area contributed by atoms with Gasteiger partial charge in [-0.2, -0.15) is 0 Å². The molecule has 0 saturated heterocycles. The van der Waals surface area contributed by atoms with Crippen LogP contribution in [0.5, 0.6) is 0 Å². The number of nitrogens with zero attached hydrogens (tertiary/aromatic N) is 3. The van der Waals surface area contributed by atoms with E-state index in [0.717, 1.165) is 29.5 Å². The van der Waals surface area contributed by atoms with Crippen LogP contribution in [0, 0.1) is 10.1 Å². The minimum absolute atomic E-state index is 0.130. The van der Waals surface area contributed by atoms with Crippen molar-refractivity contribution in [2.24, 2.45) is 5.73 Å². The Bertz CT molecular complexity index is 1010. The molecule has 3 rings (SSSR count). The second-order valence-corrected chi connectivity index (χ2v) is 6.86. The van der Waals surface area contributed by atoms with Gasteiger partial charge in [-0.1, -0.05) is 24.3 Å². The lowest BCUT2D eigenvalue weighted by atomic mass is 10.00. The van der Waals surface area contributed by atoms with Crippen molar-refractivity contribution in [2.75, 3.05) is 6.54 Å². The zero-order valence-electron chi connectivity index (χ0n) is 16.4. The maximum absolute atomic E-state index is 12.0. The Kier molecular flexibility index (Phi) is 7.18. The molecular weight excluding hydrogens is 382 g/mol. The van der Waals surface area contributed by atoms with Crippen molar-refractivity contribution < 1.29 is 9.72 Å². The van der Waals surface area contributed by atoms with Crippen LogP contribution in [-0.4, -0.2) is 27.3 Å². The molecule has 0 fully saturated rings. The second kappa shape index (κ2) is 10.2. The summed E-state index contributed by atoms with van der Waals surface area (Å²) in [7, 11) is 0. The van der Waals surface area contributed by atoms with E-state index in [-0.39, 0.29) is 11.3 Å². The molecule has 8 nitrogen and oxygen atoms in total. The fourth-order valence-corrected chi connectivity index (χ4v) is 3.36. The second-order valence-electron chi connectivity index (χ2n) is 6.86. The molecule has 0 aliphatic rings. The van der Waals surface area contributed by atoms with Crippen molar-refractivity contribution in [3.63, 3.8) is 0 Å². The summed E-state index contributed by atoms with van der Waals surface area (Å²) in [4.78, 5) is 31.1. The van der Waals surface area contributed by atoms with Crippen LogP contribution in [0.2, 0.25) is 0 Å². The van der Waals surface area contributed by atoms with Gasteiger partial charge in [0.25, 0.3) is 5.69 Å². The van der Waals surface area contributed by atoms with Crippen LogP contribution in [-0.2, 0) is 24.1 Å². The summed E-state index contributed by atoms with van der Waals surface area (Å²) in [6.07, 6.45) is 9.47. The first kappa shape index (κ1) is 21.1. The van der Waals surface area contributed by atoms with E-state index >= 15 is 0 Å². The van der Waals surface area contributed by atoms with Gasteiger partial charge < -0.3 is 11.1 Å². The zero-order valence-corrected chi connectivity index (χ0v) is 16.4. The smallest absolute Gasteiger partial charge is 0.274 e. The number of amides is 1. The fourth-order valence-electron chi connectivity index (χ4n) is 3.36. The molecule has 1 atom stereocenters. The highest BCUT2D eigenvalue weighted by Crippen LogP contribution is 2.24. The molecule has 1 unspecified atom stereocenters. The number of pyridine rings is 2. The largest absolute Gasteiger partial charge is 0.368 e. The van der Waals surface area contributed by atoms with Crippen LogP contribution in [0.25, 0.3) is 0 Å². The minimum Gasteiger partial charge on any atom is -0.368 e. The molecule has 3 aromatic rings. The van der Waals surface area contributed by atoms with Crippen LogP contribution in [0.4, 0.5) is 5.69 Å². The number of carbonyl (C=O) groups excluding carboxylic acids is 1. The van der Waals surface area contributed by atoms with Gasteiger partial charge in [-0.3, -0.25) is 24.9 Å². The lowest BCUT2D eigenvalue weighted by Gasteiger charge is -2.16. The van der Waals surface area contributed by atoms with E-state index in [1.54, 1.807) is 30.6 Å². The lowest BCUT2D eigenvalue weighted by molar-refractivity contribution is -0.385. The summed E-state index contributed by atoms with van der Waals surface area (Å²) in [5, 5.41) is 14.4. The van der Waals surface area contributed by atoms with Crippen LogP contribution >= 0.6 is 0 Å². The van der Waals surface area contributed by atoms with Crippen molar-refractivity contribution in [3.8, 4) is 0 Å². The van der Waals surface area contributed by atoms with Gasteiger partial charge in [0.1, 0.15) is 6.04 Å². The molecule has 3 N–H and O–H groups in total. The summed E-state index contributed by atoms with van der Waals surface area (Å²) in [6, 6.07) is 11.1. The first-order valence-electron chi connectivity index (χ1n) is 9.63. The molecular formula is C22H23N5O3. The average molecular weight is 405 g/mol. The van der Waals surface area contributed by atoms with Crippen molar-refractivity contribution in [1.82, 2.24) is 15.3 Å². The van der Waals surface area contributed by atoms with Crippen molar-refractivity contribution >= 4 is 11.6 Å². The Balaban J connectivity index is 1.66. The molecule has 0 spiro atoms. The van der Waals surface area contributed by atoms with Crippen LogP contribution < -0.4 is 11.1 Å². The summed E-state index contributed by atoms with van der Waals surface area (Å²) >= 11 is 0. The first-order chi connectivity index (χ1) is 14.6. The number of hydrogen-bond donors (Lipinski definition) is 2. The maximum Gasteiger partial charge on any atom is 0.274 e. The van der Waals surface area contributed by atoms with Crippen molar-refractivity contribution in [3.05, 3.63) is 99.6 Å². The molecule has 0 saturated carbocycles. The lowest BCUT2D eigenvalue weighted by Crippen LogP contribution is -2.35. The van der Waals surface area contributed by atoms with E-state index in [2.05, 4.69) is 15.3 Å². The number of aromatic nitrogens is 2. The third kappa shape index (κ3) is 5.45. The monoisotopic (exact) mass is 405 g/mol. The minimum atomic E-state index is -0.938. The Morgan fingerprint density at radius 2 is 1.80 bits per heavy atom. The number of para-hydroxylation sites is 1. The number of nitro benzene ring substituents is 1. The van der Waals surface area contributed by atoms with E-state index in [0.29, 0.717) is 13.0 Å². The Morgan fingerprint density at radius 3 is 2.53 bits per heavy atom. The normalized spacial score (nSPS) is 11.7. The standard InChI is InChI=1S/C22H23N5O3/c23-22(28)21(19-5-1-2-6-20(19)27(29)30)26-13-10-17-9-12-25-15-18(17)8-7-16-4-3-11-24-14-16/h1-6,9,11-12,14-15,21,26H,7-8,10,13H2,(H2,23,28). The van der Waals surface area contributed by atoms with Gasteiger partial charge in [0.15, 0.2) is 0 Å². The Labute approximate surface area is 174 Å². The number of hydrogen-bond acceptors (Lipinski definition) is 6. The quantitative estimate of drug-likeness (QED) is 0.394. The highest BCUT2D eigenvalue weighted by atomic mass is 16.6. The molecule has 2 aromatic heterocycles. The summed E-state index contributed by atoms with van der Waals surface area (Å²) in [6.45, 7) is 0.434. The van der Waals surface area contributed by atoms with E-state index in [4.69, 9.17) is 5.73 Å². The number of nitro groups is 1. The van der Waals surface area contributed by atoms with Crippen LogP contribution in [0.15, 0.2) is 67.3 Å². The molecule has 0 aliphatic carbocycles. The zero-order chi connectivity index (χ0) is 21.3. The van der Waals surface area contributed by atoms with Gasteiger partial charge in [-0.15, -0.1) is 0 Å². The third-order valence-corrected chi connectivity index (χ3v) is 4.88. The number of benzene rings is 1. The Hall–Kier alpha value is -3.65. The van der Waals surface area contributed by atoms with Gasteiger partial charge in [0, 0.05) is 37.4 Å². The predicted molar refractivity (Wildman–Crippen MR) is 113 cm³/mol. The summed E-state index contributed by atoms with van der Waals surface area (Å²) in [5.41, 5.74) is 9.02. The van der Waals surface area contributed by atoms with Gasteiger partial charge in [-0.05, 0) is 48.1 Å². The SMILES string of the molecule is NC(=O)C(NCCc1ccncc1CCc1cccnc1)c1ccccc1[N+](=O)[O-]. The van der Waals surface area contributed by atoms with E-state index < -0.39 is 16.9 Å². The van der Waals surface area contributed by atoms with Crippen LogP contribution in [0.1, 0.15) is 28.3 Å². The number of nitrogens with one attached hydrogen (secondary N) is 1. The molecule has 1 amide bonds. The molecule has 1 aromatic carbocycles. The molecule has 0 aliphatic heterocycles. The highest BCUT2D eigenvalue weighted by molar-refractivity contribution is 5.82. The molecule has 30 heavy (non-hydrogen) atoms. The van der Waals surface area contributed by atoms with Crippen LogP contribution in [0.3, 0.4) is 0 Å². The fraction of sp³-hybridized carbons (Fsp3) is 0.227. The van der Waals surface area contributed by atoms with Gasteiger partial charge in [-0.25, -0.2) is 0 Å². The number of primary amides is 1. The maximum atomic E-state index is 12.0. The predicted octanol–water partition coefficient (Wildman–Crippen LogP) is 2.53. The molecule has 154 valence electrons. The number of aryl methyl sites for hydroxylation is 2. The Morgan fingerprint density at radius 1 is 1.00 bits per heavy atom.